The van der Waals surface area contributed by atoms with E-state index in [1.165, 1.54) is 0 Å². The summed E-state index contributed by atoms with van der Waals surface area (Å²) in [7, 11) is 0. The van der Waals surface area contributed by atoms with Crippen molar-refractivity contribution in [2.24, 2.45) is 5.92 Å². The van der Waals surface area contributed by atoms with Crippen LogP contribution in [0.25, 0.3) is 0 Å². The fraction of sp³-hybridized carbons (Fsp3) is 0.652. The van der Waals surface area contributed by atoms with Gasteiger partial charge in [0.05, 0.1) is 37.9 Å². The summed E-state index contributed by atoms with van der Waals surface area (Å²) in [6.07, 6.45) is 3.98. The van der Waals surface area contributed by atoms with Gasteiger partial charge >= 0.3 is 0 Å². The van der Waals surface area contributed by atoms with Gasteiger partial charge < -0.3 is 28.5 Å². The third-order valence-electron chi connectivity index (χ3n) is 4.94. The number of nitrogens with zero attached hydrogens (tertiary/aromatic N) is 1. The van der Waals surface area contributed by atoms with E-state index in [9.17, 15) is 10.2 Å². The van der Waals surface area contributed by atoms with Crippen LogP contribution in [0.15, 0.2) is 45.6 Å². The molecular weight excluding hydrogens is 386 g/mol. The molecule has 3 atom stereocenters. The van der Waals surface area contributed by atoms with Gasteiger partial charge in [-0.05, 0) is 49.9 Å². The van der Waals surface area contributed by atoms with Gasteiger partial charge in [-0.25, -0.2) is 0 Å². The Kier molecular flexibility index (Phi) is 11.2. The highest BCUT2D eigenvalue weighted by atomic mass is 16.5. The quantitative estimate of drug-likeness (QED) is 0.427. The maximum absolute atomic E-state index is 10.5. The van der Waals surface area contributed by atoms with Gasteiger partial charge in [-0.1, -0.05) is 13.8 Å². The minimum atomic E-state index is -0.655. The van der Waals surface area contributed by atoms with E-state index < -0.39 is 12.2 Å². The zero-order valence-electron chi connectivity index (χ0n) is 18.4. The van der Waals surface area contributed by atoms with Gasteiger partial charge in [-0.3, -0.25) is 4.90 Å². The molecule has 0 spiro atoms. The predicted octanol–water partition coefficient (Wildman–Crippen LogP) is 3.45. The van der Waals surface area contributed by atoms with Gasteiger partial charge in [0.25, 0.3) is 0 Å². The molecule has 2 heterocycles. The first kappa shape index (κ1) is 24.6. The Balaban J connectivity index is 1.78. The molecule has 0 saturated carbocycles. The van der Waals surface area contributed by atoms with Gasteiger partial charge in [-0.15, -0.1) is 0 Å². The van der Waals surface area contributed by atoms with Crippen molar-refractivity contribution >= 4 is 0 Å². The number of ether oxygens (including phenoxy) is 2. The molecule has 30 heavy (non-hydrogen) atoms. The van der Waals surface area contributed by atoms with Crippen molar-refractivity contribution in [1.29, 1.82) is 0 Å². The first-order chi connectivity index (χ1) is 14.4. The summed E-state index contributed by atoms with van der Waals surface area (Å²) in [4.78, 5) is 2.12. The van der Waals surface area contributed by atoms with E-state index in [1.807, 2.05) is 24.3 Å². The molecule has 2 aromatic rings. The lowest BCUT2D eigenvalue weighted by molar-refractivity contribution is -0.0287. The zero-order valence-corrected chi connectivity index (χ0v) is 18.4. The predicted molar refractivity (Wildman–Crippen MR) is 114 cm³/mol. The molecule has 7 nitrogen and oxygen atoms in total. The van der Waals surface area contributed by atoms with Crippen molar-refractivity contribution in [3.8, 4) is 0 Å². The largest absolute Gasteiger partial charge is 0.467 e. The van der Waals surface area contributed by atoms with Crippen molar-refractivity contribution in [3.05, 3.63) is 48.3 Å². The molecule has 0 aliphatic heterocycles. The standard InChI is InChI=1S/C23H37NO6/c1-18(2)8-9-19(3)24(12-20(25)14-27-16-22-6-4-10-29-22)13-21(26)15-28-17-23-7-5-11-30-23/h4-7,10-11,18-21,25-26H,8-9,12-17H2,1-3H3. The van der Waals surface area contributed by atoms with Crippen LogP contribution in [0, 0.1) is 5.92 Å². The van der Waals surface area contributed by atoms with Crippen LogP contribution < -0.4 is 0 Å². The number of hydrogen-bond acceptors (Lipinski definition) is 7. The molecule has 3 unspecified atom stereocenters. The number of hydrogen-bond donors (Lipinski definition) is 2. The number of aliphatic hydroxyl groups is 2. The van der Waals surface area contributed by atoms with Gasteiger partial charge in [0.15, 0.2) is 0 Å². The Labute approximate surface area is 179 Å². The Morgan fingerprint density at radius 3 is 1.73 bits per heavy atom. The fourth-order valence-electron chi connectivity index (χ4n) is 3.22. The van der Waals surface area contributed by atoms with Gasteiger partial charge in [0.2, 0.25) is 0 Å². The Hall–Kier alpha value is -1.64. The van der Waals surface area contributed by atoms with E-state index in [1.54, 1.807) is 12.5 Å². The number of aliphatic hydroxyl groups excluding tert-OH is 2. The Morgan fingerprint density at radius 2 is 1.33 bits per heavy atom. The molecule has 2 aromatic heterocycles. The topological polar surface area (TPSA) is 88.4 Å². The van der Waals surface area contributed by atoms with Crippen LogP contribution in [-0.2, 0) is 22.7 Å². The van der Waals surface area contributed by atoms with Crippen LogP contribution in [0.4, 0.5) is 0 Å². The maximum atomic E-state index is 10.5. The normalized spacial score (nSPS) is 15.0. The summed E-state index contributed by atoms with van der Waals surface area (Å²) < 4.78 is 21.6. The molecule has 170 valence electrons. The van der Waals surface area contributed by atoms with Crippen LogP contribution in [-0.4, -0.2) is 59.7 Å². The third-order valence-corrected chi connectivity index (χ3v) is 4.94. The van der Waals surface area contributed by atoms with Crippen molar-refractivity contribution in [1.82, 2.24) is 4.90 Å². The van der Waals surface area contributed by atoms with E-state index >= 15 is 0 Å². The summed E-state index contributed by atoms with van der Waals surface area (Å²) in [5.74, 6) is 2.07. The minimum absolute atomic E-state index is 0.208. The van der Waals surface area contributed by atoms with Gasteiger partial charge in [0.1, 0.15) is 24.7 Å². The smallest absolute Gasteiger partial charge is 0.129 e. The fourth-order valence-corrected chi connectivity index (χ4v) is 3.22. The van der Waals surface area contributed by atoms with Gasteiger partial charge in [-0.2, -0.15) is 0 Å². The molecule has 0 aliphatic rings. The summed E-state index contributed by atoms with van der Waals surface area (Å²) in [5, 5.41) is 20.9. The summed E-state index contributed by atoms with van der Waals surface area (Å²) in [5.41, 5.74) is 0. The molecular formula is C23H37NO6. The van der Waals surface area contributed by atoms with E-state index in [0.29, 0.717) is 32.2 Å². The highest BCUT2D eigenvalue weighted by molar-refractivity contribution is 4.96. The lowest BCUT2D eigenvalue weighted by Gasteiger charge is -2.33. The lowest BCUT2D eigenvalue weighted by atomic mass is 10.0. The molecule has 2 N–H and O–H groups in total. The monoisotopic (exact) mass is 423 g/mol. The highest BCUT2D eigenvalue weighted by Crippen LogP contribution is 2.14. The first-order valence-electron chi connectivity index (χ1n) is 10.7. The third kappa shape index (κ3) is 9.91. The highest BCUT2D eigenvalue weighted by Gasteiger charge is 2.21. The second kappa shape index (κ2) is 13.6. The van der Waals surface area contributed by atoms with Crippen molar-refractivity contribution in [3.63, 3.8) is 0 Å². The zero-order chi connectivity index (χ0) is 21.8. The van der Waals surface area contributed by atoms with Crippen molar-refractivity contribution in [2.45, 2.75) is 65.1 Å². The molecule has 7 heteroatoms. The van der Waals surface area contributed by atoms with E-state index in [4.69, 9.17) is 18.3 Å². The van der Waals surface area contributed by atoms with Crippen LogP contribution in [0.5, 0.6) is 0 Å². The molecule has 0 radical (unpaired) electrons. The first-order valence-corrected chi connectivity index (χ1v) is 10.7. The molecule has 2 rings (SSSR count). The van der Waals surface area contributed by atoms with E-state index in [2.05, 4.69) is 25.7 Å². The molecule has 0 fully saturated rings. The SMILES string of the molecule is CC(C)CCC(C)N(CC(O)COCc1ccco1)CC(O)COCc1ccco1. The number of furan rings is 2. The lowest BCUT2D eigenvalue weighted by Crippen LogP contribution is -2.45. The molecule has 0 amide bonds. The van der Waals surface area contributed by atoms with Crippen LogP contribution in [0.3, 0.4) is 0 Å². The Bertz CT molecular complexity index is 594. The summed E-state index contributed by atoms with van der Waals surface area (Å²) >= 11 is 0. The summed E-state index contributed by atoms with van der Waals surface area (Å²) in [6.45, 7) is 8.46. The second-order valence-electron chi connectivity index (χ2n) is 8.27. The average molecular weight is 424 g/mol. The van der Waals surface area contributed by atoms with Crippen molar-refractivity contribution in [2.75, 3.05) is 26.3 Å². The molecule has 0 aromatic carbocycles. The average Bonchev–Trinajstić information content (AvgIpc) is 3.39. The van der Waals surface area contributed by atoms with Gasteiger partial charge in [0, 0.05) is 19.1 Å². The van der Waals surface area contributed by atoms with Crippen molar-refractivity contribution < 1.29 is 28.5 Å². The molecule has 0 saturated heterocycles. The van der Waals surface area contributed by atoms with Crippen LogP contribution in [0.2, 0.25) is 0 Å². The maximum Gasteiger partial charge on any atom is 0.129 e. The molecule has 0 bridgehead atoms. The van der Waals surface area contributed by atoms with E-state index in [-0.39, 0.29) is 19.3 Å². The minimum Gasteiger partial charge on any atom is -0.467 e. The Morgan fingerprint density at radius 1 is 0.833 bits per heavy atom. The molecule has 0 aliphatic carbocycles. The van der Waals surface area contributed by atoms with Crippen LogP contribution in [0.1, 0.15) is 45.1 Å². The second-order valence-corrected chi connectivity index (χ2v) is 8.27. The van der Waals surface area contributed by atoms with Crippen LogP contribution >= 0.6 is 0 Å². The van der Waals surface area contributed by atoms with E-state index in [0.717, 1.165) is 24.4 Å². The summed E-state index contributed by atoms with van der Waals surface area (Å²) in [6, 6.07) is 7.52. The number of rotatable bonds is 16.